The van der Waals surface area contributed by atoms with E-state index in [9.17, 15) is 21.6 Å². The molecule has 13 heteroatoms. The number of nitrogens with zero attached hydrogens (tertiary/aromatic N) is 5. The monoisotopic (exact) mass is 553 g/mol. The van der Waals surface area contributed by atoms with Crippen molar-refractivity contribution in [3.8, 4) is 0 Å². The maximum absolute atomic E-state index is 15.2. The molecule has 0 amide bonds. The second-order valence-corrected chi connectivity index (χ2v) is 12.2. The van der Waals surface area contributed by atoms with Gasteiger partial charge in [-0.3, -0.25) is 0 Å². The van der Waals surface area contributed by atoms with Gasteiger partial charge in [0.05, 0.1) is 5.69 Å². The van der Waals surface area contributed by atoms with E-state index in [4.69, 9.17) is 0 Å². The number of fused-ring (bicyclic) bond motifs is 1. The largest absolute Gasteiger partial charge is 0.405 e. The molecular weight excluding hydrogens is 529 g/mol. The summed E-state index contributed by atoms with van der Waals surface area (Å²) in [5, 5.41) is 6.39. The van der Waals surface area contributed by atoms with Crippen molar-refractivity contribution in [3.05, 3.63) is 77.9 Å². The number of sulfonamides is 1. The molecule has 0 bridgehead atoms. The minimum atomic E-state index is -4.86. The third-order valence-electron chi connectivity index (χ3n) is 8.00. The number of halogens is 5. The fraction of sp³-hybridized carbons (Fsp3) is 0.440. The molecule has 3 fully saturated rings. The molecule has 1 aromatic heterocycles. The molecule has 0 N–H and O–H groups in total. The Kier molecular flexibility index (Phi) is 5.98. The first-order valence-electron chi connectivity index (χ1n) is 12.2. The lowest BCUT2D eigenvalue weighted by Gasteiger charge is -2.40. The smallest absolute Gasteiger partial charge is 0.368 e. The number of rotatable bonds is 5. The Bertz CT molecular complexity index is 1420. The number of benzene rings is 2. The van der Waals surface area contributed by atoms with Crippen LogP contribution in [0.5, 0.6) is 0 Å². The molecule has 1 aliphatic carbocycles. The van der Waals surface area contributed by atoms with Crippen molar-refractivity contribution >= 4 is 15.7 Å². The number of alkyl halides is 3. The van der Waals surface area contributed by atoms with Crippen LogP contribution in [0.25, 0.3) is 0 Å². The highest BCUT2D eigenvalue weighted by Crippen LogP contribution is 2.56. The molecule has 3 aromatic rings. The standard InChI is InChI=1S/C25H24F5N5O2S/c26-19-9-21(33-11-17-18(12-33)24(17)34-13-31-32-14-34)20(27)8-16(19)10-35-23(25(28,29)30)7-6-22(38(35,36)37)15-4-2-1-3-5-15/h1-5,8-9,13-14,17-18,22-24H,6-7,10-12H2/t17-,18?,22-,23+,24+/m0/s1. The number of aromatic nitrogens is 3. The Morgan fingerprint density at radius 2 is 1.58 bits per heavy atom. The maximum Gasteiger partial charge on any atom is 0.405 e. The highest BCUT2D eigenvalue weighted by Gasteiger charge is 2.57. The van der Waals surface area contributed by atoms with Crippen LogP contribution in [0, 0.1) is 23.5 Å². The van der Waals surface area contributed by atoms with Crippen LogP contribution >= 0.6 is 0 Å². The molecule has 6 rings (SSSR count). The van der Waals surface area contributed by atoms with Crippen LogP contribution in [0.1, 0.15) is 35.3 Å². The van der Waals surface area contributed by atoms with E-state index in [1.165, 1.54) is 12.1 Å². The predicted molar refractivity (Wildman–Crippen MR) is 127 cm³/mol. The Labute approximate surface area is 215 Å². The predicted octanol–water partition coefficient (Wildman–Crippen LogP) is 4.46. The molecule has 1 saturated carbocycles. The highest BCUT2D eigenvalue weighted by atomic mass is 32.2. The van der Waals surface area contributed by atoms with Gasteiger partial charge in [0.2, 0.25) is 10.0 Å². The molecule has 3 heterocycles. The van der Waals surface area contributed by atoms with Crippen LogP contribution < -0.4 is 4.90 Å². The molecule has 3 aliphatic rings. The second-order valence-electron chi connectivity index (χ2n) is 10.2. The van der Waals surface area contributed by atoms with Crippen LogP contribution in [-0.2, 0) is 16.6 Å². The van der Waals surface area contributed by atoms with Gasteiger partial charge < -0.3 is 9.47 Å². The Balaban J connectivity index is 1.25. The normalized spacial score (nSPS) is 28.9. The molecule has 38 heavy (non-hydrogen) atoms. The van der Waals surface area contributed by atoms with Gasteiger partial charge in [0.15, 0.2) is 0 Å². The quantitative estimate of drug-likeness (QED) is 0.437. The average molecular weight is 554 g/mol. The van der Waals surface area contributed by atoms with Gasteiger partial charge in [-0.25, -0.2) is 17.2 Å². The van der Waals surface area contributed by atoms with Gasteiger partial charge in [-0.2, -0.15) is 17.5 Å². The zero-order valence-electron chi connectivity index (χ0n) is 20.0. The van der Waals surface area contributed by atoms with E-state index >= 15 is 8.78 Å². The van der Waals surface area contributed by atoms with E-state index in [0.717, 1.165) is 12.1 Å². The molecular formula is C25H24F5N5O2S. The van der Waals surface area contributed by atoms with E-state index in [1.54, 1.807) is 35.8 Å². The summed E-state index contributed by atoms with van der Waals surface area (Å²) in [6.07, 6.45) is -2.33. The third-order valence-corrected chi connectivity index (χ3v) is 10.3. The van der Waals surface area contributed by atoms with Crippen molar-refractivity contribution < 1.29 is 30.4 Å². The van der Waals surface area contributed by atoms with E-state index in [1.807, 2.05) is 4.57 Å². The lowest BCUT2D eigenvalue weighted by molar-refractivity contribution is -0.176. The minimum Gasteiger partial charge on any atom is -0.368 e. The van der Waals surface area contributed by atoms with E-state index in [2.05, 4.69) is 10.2 Å². The van der Waals surface area contributed by atoms with Gasteiger partial charge in [0, 0.05) is 49.1 Å². The zero-order chi connectivity index (χ0) is 26.8. The van der Waals surface area contributed by atoms with Crippen molar-refractivity contribution in [2.45, 2.75) is 42.9 Å². The summed E-state index contributed by atoms with van der Waals surface area (Å²) in [6, 6.07) is 7.62. The summed E-state index contributed by atoms with van der Waals surface area (Å²) in [5.74, 6) is -1.29. The molecule has 0 spiro atoms. The fourth-order valence-corrected chi connectivity index (χ4v) is 8.24. The van der Waals surface area contributed by atoms with E-state index < -0.39 is 57.7 Å². The van der Waals surface area contributed by atoms with Crippen LogP contribution in [0.4, 0.5) is 27.6 Å². The van der Waals surface area contributed by atoms with Gasteiger partial charge in [0.25, 0.3) is 0 Å². The lowest BCUT2D eigenvalue weighted by Crippen LogP contribution is -2.52. The first kappa shape index (κ1) is 25.2. The number of piperidine rings is 1. The first-order valence-corrected chi connectivity index (χ1v) is 13.8. The Hall–Kier alpha value is -3.06. The van der Waals surface area contributed by atoms with Crippen LogP contribution in [0.15, 0.2) is 55.1 Å². The maximum atomic E-state index is 15.2. The highest BCUT2D eigenvalue weighted by molar-refractivity contribution is 7.89. The summed E-state index contributed by atoms with van der Waals surface area (Å²) in [7, 11) is -4.53. The van der Waals surface area contributed by atoms with Crippen molar-refractivity contribution in [1.29, 1.82) is 0 Å². The molecule has 5 atom stereocenters. The Morgan fingerprint density at radius 1 is 0.921 bits per heavy atom. The summed E-state index contributed by atoms with van der Waals surface area (Å²) < 4.78 is 101. The second kappa shape index (κ2) is 9.01. The van der Waals surface area contributed by atoms with Crippen LogP contribution in [-0.4, -0.2) is 52.8 Å². The van der Waals surface area contributed by atoms with E-state index in [-0.39, 0.29) is 30.0 Å². The van der Waals surface area contributed by atoms with Crippen molar-refractivity contribution in [2.24, 2.45) is 11.8 Å². The van der Waals surface area contributed by atoms with Gasteiger partial charge in [-0.15, -0.1) is 10.2 Å². The molecule has 0 radical (unpaired) electrons. The third kappa shape index (κ3) is 4.25. The number of hydrogen-bond acceptors (Lipinski definition) is 5. The summed E-state index contributed by atoms with van der Waals surface area (Å²) in [4.78, 5) is 1.71. The van der Waals surface area contributed by atoms with Crippen LogP contribution in [0.2, 0.25) is 0 Å². The molecule has 1 unspecified atom stereocenters. The molecule has 2 aromatic carbocycles. The first-order chi connectivity index (χ1) is 18.1. The van der Waals surface area contributed by atoms with Crippen molar-refractivity contribution in [1.82, 2.24) is 19.1 Å². The summed E-state index contributed by atoms with van der Waals surface area (Å²) >= 11 is 0. The van der Waals surface area contributed by atoms with Gasteiger partial charge in [-0.1, -0.05) is 30.3 Å². The van der Waals surface area contributed by atoms with E-state index in [0.29, 0.717) is 23.0 Å². The average Bonchev–Trinajstić information content (AvgIpc) is 3.23. The molecule has 2 saturated heterocycles. The summed E-state index contributed by atoms with van der Waals surface area (Å²) in [6.45, 7) is 0.0527. The van der Waals surface area contributed by atoms with Crippen LogP contribution in [0.3, 0.4) is 0 Å². The minimum absolute atomic E-state index is 0.0111. The topological polar surface area (TPSA) is 71.3 Å². The van der Waals surface area contributed by atoms with Gasteiger partial charge >= 0.3 is 6.18 Å². The Morgan fingerprint density at radius 3 is 2.21 bits per heavy atom. The van der Waals surface area contributed by atoms with Crippen molar-refractivity contribution in [2.75, 3.05) is 18.0 Å². The fourth-order valence-electron chi connectivity index (χ4n) is 6.08. The zero-order valence-corrected chi connectivity index (χ0v) is 20.8. The number of anilines is 1. The summed E-state index contributed by atoms with van der Waals surface area (Å²) in [5.41, 5.74) is -0.0704. The lowest BCUT2D eigenvalue weighted by atomic mass is 10.0. The van der Waals surface area contributed by atoms with Crippen molar-refractivity contribution in [3.63, 3.8) is 0 Å². The number of hydrogen-bond donors (Lipinski definition) is 0. The van der Waals surface area contributed by atoms with Gasteiger partial charge in [0.1, 0.15) is 35.6 Å². The van der Waals surface area contributed by atoms with Gasteiger partial charge in [-0.05, 0) is 24.5 Å². The molecule has 7 nitrogen and oxygen atoms in total. The SMILES string of the molecule is O=S1(=O)[C@H](c2ccccc2)CC[C@H](C(F)(F)F)N1Cc1cc(F)c(N2CC3[C@H](C2)[C@H]3n2cnnc2)cc1F. The molecule has 202 valence electrons. The molecule has 2 aliphatic heterocycles.